The summed E-state index contributed by atoms with van der Waals surface area (Å²) in [5, 5.41) is 2.51. The third-order valence-corrected chi connectivity index (χ3v) is 5.40. The molecule has 0 aliphatic rings. The van der Waals surface area contributed by atoms with E-state index in [4.69, 9.17) is 0 Å². The topological polar surface area (TPSA) is 102 Å². The van der Waals surface area contributed by atoms with Gasteiger partial charge in [-0.1, -0.05) is 46.8 Å². The van der Waals surface area contributed by atoms with Crippen LogP contribution in [0.2, 0.25) is 0 Å². The third-order valence-electron chi connectivity index (χ3n) is 3.98. The molecule has 0 fully saturated rings. The van der Waals surface area contributed by atoms with Gasteiger partial charge in [-0.3, -0.25) is 4.79 Å². The molecule has 27 heavy (non-hydrogen) atoms. The molecule has 0 aromatic heterocycles. The van der Waals surface area contributed by atoms with E-state index in [-0.39, 0.29) is 16.2 Å². The molecule has 0 heterocycles. The first kappa shape index (κ1) is 23.1. The van der Waals surface area contributed by atoms with E-state index in [0.29, 0.717) is 6.42 Å². The SMILES string of the molecule is COC(=O)C(CC(C)C)NC(=O)CNS(=O)(=O)c1ccc(C(C)(C)C)cc1. The van der Waals surface area contributed by atoms with Crippen molar-refractivity contribution in [2.45, 2.75) is 57.4 Å². The minimum Gasteiger partial charge on any atom is -0.467 e. The van der Waals surface area contributed by atoms with Crippen molar-refractivity contribution in [1.82, 2.24) is 10.0 Å². The number of carbonyl (C=O) groups is 2. The van der Waals surface area contributed by atoms with Crippen LogP contribution >= 0.6 is 0 Å². The van der Waals surface area contributed by atoms with Gasteiger partial charge in [-0.2, -0.15) is 0 Å². The zero-order valence-corrected chi connectivity index (χ0v) is 17.6. The van der Waals surface area contributed by atoms with Crippen molar-refractivity contribution >= 4 is 21.9 Å². The number of ether oxygens (including phenoxy) is 1. The van der Waals surface area contributed by atoms with Gasteiger partial charge < -0.3 is 10.1 Å². The first-order chi connectivity index (χ1) is 12.4. The van der Waals surface area contributed by atoms with Crippen LogP contribution < -0.4 is 10.0 Å². The standard InChI is InChI=1S/C19H30N2O5S/c1-13(2)11-16(18(23)26-6)21-17(22)12-20-27(24,25)15-9-7-14(8-10-15)19(3,4)5/h7-10,13,16,20H,11-12H2,1-6H3,(H,21,22). The Hall–Kier alpha value is -1.93. The Morgan fingerprint density at radius 2 is 1.67 bits per heavy atom. The normalized spacial score (nSPS) is 13.3. The monoisotopic (exact) mass is 398 g/mol. The van der Waals surface area contributed by atoms with Crippen LogP contribution in [0.3, 0.4) is 0 Å². The van der Waals surface area contributed by atoms with E-state index in [0.717, 1.165) is 5.56 Å². The lowest BCUT2D eigenvalue weighted by atomic mass is 9.87. The number of hydrogen-bond donors (Lipinski definition) is 2. The largest absolute Gasteiger partial charge is 0.467 e. The molecule has 8 heteroatoms. The molecule has 0 bridgehead atoms. The van der Waals surface area contributed by atoms with Gasteiger partial charge in [0.15, 0.2) is 0 Å². The number of methoxy groups -OCH3 is 1. The van der Waals surface area contributed by atoms with Crippen molar-refractivity contribution in [3.8, 4) is 0 Å². The van der Waals surface area contributed by atoms with Crippen molar-refractivity contribution in [2.24, 2.45) is 5.92 Å². The van der Waals surface area contributed by atoms with Crippen molar-refractivity contribution in [1.29, 1.82) is 0 Å². The Morgan fingerprint density at radius 3 is 2.11 bits per heavy atom. The Balaban J connectivity index is 2.74. The van der Waals surface area contributed by atoms with Crippen molar-refractivity contribution in [3.63, 3.8) is 0 Å². The predicted molar refractivity (Wildman–Crippen MR) is 104 cm³/mol. The molecule has 2 N–H and O–H groups in total. The van der Waals surface area contributed by atoms with Crippen LogP contribution in [0.4, 0.5) is 0 Å². The van der Waals surface area contributed by atoms with Crippen molar-refractivity contribution in [2.75, 3.05) is 13.7 Å². The lowest BCUT2D eigenvalue weighted by molar-refractivity contribution is -0.145. The summed E-state index contributed by atoms with van der Waals surface area (Å²) in [5.41, 5.74) is 0.920. The lowest BCUT2D eigenvalue weighted by Gasteiger charge is -2.19. The summed E-state index contributed by atoms with van der Waals surface area (Å²) in [4.78, 5) is 23.9. The number of benzene rings is 1. The van der Waals surface area contributed by atoms with Gasteiger partial charge in [0.25, 0.3) is 0 Å². The molecule has 0 aliphatic carbocycles. The Kier molecular flexibility index (Phi) is 7.98. The summed E-state index contributed by atoms with van der Waals surface area (Å²) in [6, 6.07) is 5.72. The zero-order chi connectivity index (χ0) is 20.8. The van der Waals surface area contributed by atoms with E-state index in [2.05, 4.69) is 14.8 Å². The smallest absolute Gasteiger partial charge is 0.328 e. The maximum absolute atomic E-state index is 12.4. The van der Waals surface area contributed by atoms with Crippen LogP contribution in [0.25, 0.3) is 0 Å². The fourth-order valence-electron chi connectivity index (χ4n) is 2.45. The number of nitrogens with one attached hydrogen (secondary N) is 2. The summed E-state index contributed by atoms with van der Waals surface area (Å²) in [6.45, 7) is 9.46. The molecule has 0 radical (unpaired) electrons. The van der Waals surface area contributed by atoms with Crippen molar-refractivity contribution < 1.29 is 22.7 Å². The lowest BCUT2D eigenvalue weighted by Crippen LogP contribution is -2.46. The van der Waals surface area contributed by atoms with Crippen LogP contribution in [0.5, 0.6) is 0 Å². The van der Waals surface area contributed by atoms with Gasteiger partial charge in [-0.15, -0.1) is 0 Å². The van der Waals surface area contributed by atoms with E-state index in [1.807, 2.05) is 34.6 Å². The van der Waals surface area contributed by atoms with E-state index in [1.165, 1.54) is 19.2 Å². The molecule has 1 aromatic carbocycles. The fourth-order valence-corrected chi connectivity index (χ4v) is 3.43. The summed E-state index contributed by atoms with van der Waals surface area (Å²) in [6.07, 6.45) is 0.402. The molecule has 7 nitrogen and oxygen atoms in total. The molecule has 0 saturated carbocycles. The Morgan fingerprint density at radius 1 is 1.11 bits per heavy atom. The second-order valence-electron chi connectivity index (χ2n) is 7.87. The van der Waals surface area contributed by atoms with E-state index < -0.39 is 34.5 Å². The predicted octanol–water partition coefficient (Wildman–Crippen LogP) is 1.97. The Bertz CT molecular complexity index is 749. The number of rotatable bonds is 8. The van der Waals surface area contributed by atoms with Gasteiger partial charge in [-0.05, 0) is 35.4 Å². The number of esters is 1. The number of sulfonamides is 1. The van der Waals surface area contributed by atoms with E-state index in [9.17, 15) is 18.0 Å². The summed E-state index contributed by atoms with van der Waals surface area (Å²) in [5.74, 6) is -0.994. The van der Waals surface area contributed by atoms with Crippen LogP contribution in [-0.2, 0) is 29.8 Å². The molecular weight excluding hydrogens is 368 g/mol. The van der Waals surface area contributed by atoms with Gasteiger partial charge in [0.2, 0.25) is 15.9 Å². The van der Waals surface area contributed by atoms with Gasteiger partial charge in [0.1, 0.15) is 6.04 Å². The highest BCUT2D eigenvalue weighted by Gasteiger charge is 2.24. The van der Waals surface area contributed by atoms with Crippen LogP contribution in [-0.4, -0.2) is 40.0 Å². The average Bonchev–Trinajstić information content (AvgIpc) is 2.57. The highest BCUT2D eigenvalue weighted by molar-refractivity contribution is 7.89. The molecule has 1 aromatic rings. The minimum absolute atomic E-state index is 0.0787. The van der Waals surface area contributed by atoms with Crippen LogP contribution in [0, 0.1) is 5.92 Å². The fraction of sp³-hybridized carbons (Fsp3) is 0.579. The second kappa shape index (κ2) is 9.32. The van der Waals surface area contributed by atoms with Gasteiger partial charge in [0, 0.05) is 0 Å². The maximum Gasteiger partial charge on any atom is 0.328 e. The summed E-state index contributed by atoms with van der Waals surface area (Å²) in [7, 11) is -2.59. The van der Waals surface area contributed by atoms with E-state index >= 15 is 0 Å². The van der Waals surface area contributed by atoms with Crippen LogP contribution in [0.15, 0.2) is 29.2 Å². The van der Waals surface area contributed by atoms with Crippen LogP contribution in [0.1, 0.15) is 46.6 Å². The number of carbonyl (C=O) groups excluding carboxylic acids is 2. The summed E-state index contributed by atoms with van der Waals surface area (Å²) >= 11 is 0. The Labute approximate surface area is 161 Å². The number of amides is 1. The highest BCUT2D eigenvalue weighted by Crippen LogP contribution is 2.23. The molecule has 0 saturated heterocycles. The highest BCUT2D eigenvalue weighted by atomic mass is 32.2. The first-order valence-corrected chi connectivity index (χ1v) is 10.3. The molecule has 1 unspecified atom stereocenters. The van der Waals surface area contributed by atoms with Gasteiger partial charge >= 0.3 is 5.97 Å². The number of hydrogen-bond acceptors (Lipinski definition) is 5. The van der Waals surface area contributed by atoms with Crippen molar-refractivity contribution in [3.05, 3.63) is 29.8 Å². The molecule has 152 valence electrons. The quantitative estimate of drug-likeness (QED) is 0.652. The second-order valence-corrected chi connectivity index (χ2v) is 9.64. The molecule has 1 amide bonds. The van der Waals surface area contributed by atoms with Gasteiger partial charge in [-0.25, -0.2) is 17.9 Å². The zero-order valence-electron chi connectivity index (χ0n) is 16.8. The first-order valence-electron chi connectivity index (χ1n) is 8.84. The maximum atomic E-state index is 12.4. The summed E-state index contributed by atoms with van der Waals surface area (Å²) < 4.78 is 31.7. The third kappa shape index (κ3) is 7.30. The minimum atomic E-state index is -3.83. The average molecular weight is 399 g/mol. The van der Waals surface area contributed by atoms with E-state index in [1.54, 1.807) is 12.1 Å². The molecule has 0 aliphatic heterocycles. The molecule has 1 atom stereocenters. The molecular formula is C19H30N2O5S. The molecule has 1 rings (SSSR count). The van der Waals surface area contributed by atoms with Gasteiger partial charge in [0.05, 0.1) is 18.6 Å². The molecule has 0 spiro atoms.